The normalized spacial score (nSPS) is 10.6. The smallest absolute Gasteiger partial charge is 0.126 e. The largest absolute Gasteiger partial charge is 0.366 e. The van der Waals surface area contributed by atoms with Gasteiger partial charge in [-0.25, -0.2) is 4.98 Å². The predicted octanol–water partition coefficient (Wildman–Crippen LogP) is 2.35. The summed E-state index contributed by atoms with van der Waals surface area (Å²) >= 11 is 0. The summed E-state index contributed by atoms with van der Waals surface area (Å²) in [7, 11) is 1.97. The summed E-state index contributed by atoms with van der Waals surface area (Å²) in [5, 5.41) is 7.71. The highest BCUT2D eigenvalue weighted by Crippen LogP contribution is 2.14. The first-order valence-electron chi connectivity index (χ1n) is 5.73. The van der Waals surface area contributed by atoms with E-state index in [0.29, 0.717) is 0 Å². The third-order valence-electron chi connectivity index (χ3n) is 3.02. The van der Waals surface area contributed by atoms with Crippen LogP contribution >= 0.6 is 0 Å². The van der Waals surface area contributed by atoms with Crippen molar-refractivity contribution in [1.29, 1.82) is 0 Å². The Morgan fingerprint density at radius 3 is 2.53 bits per heavy atom. The maximum absolute atomic E-state index is 4.39. The van der Waals surface area contributed by atoms with Crippen molar-refractivity contribution in [2.45, 2.75) is 27.3 Å². The second kappa shape index (κ2) is 4.57. The fourth-order valence-corrected chi connectivity index (χ4v) is 1.82. The van der Waals surface area contributed by atoms with Crippen LogP contribution in [-0.2, 0) is 13.6 Å². The van der Waals surface area contributed by atoms with E-state index in [9.17, 15) is 0 Å². The van der Waals surface area contributed by atoms with E-state index >= 15 is 0 Å². The van der Waals surface area contributed by atoms with Crippen LogP contribution in [-0.4, -0.2) is 14.8 Å². The summed E-state index contributed by atoms with van der Waals surface area (Å²) in [5.74, 6) is 0.901. The minimum atomic E-state index is 0.765. The lowest BCUT2D eigenvalue weighted by atomic mass is 10.2. The van der Waals surface area contributed by atoms with Crippen molar-refractivity contribution >= 4 is 5.82 Å². The second-order valence-electron chi connectivity index (χ2n) is 4.35. The number of aryl methyl sites for hydroxylation is 3. The maximum atomic E-state index is 4.39. The molecule has 90 valence electrons. The van der Waals surface area contributed by atoms with Crippen molar-refractivity contribution in [1.82, 2.24) is 14.8 Å². The molecule has 4 nitrogen and oxygen atoms in total. The van der Waals surface area contributed by atoms with E-state index in [1.54, 1.807) is 0 Å². The van der Waals surface area contributed by atoms with Crippen LogP contribution < -0.4 is 5.32 Å². The molecule has 2 aromatic heterocycles. The maximum Gasteiger partial charge on any atom is 0.126 e. The molecule has 1 N–H and O–H groups in total. The lowest BCUT2D eigenvalue weighted by molar-refractivity contribution is 0.730. The number of nitrogens with zero attached hydrogens (tertiary/aromatic N) is 3. The van der Waals surface area contributed by atoms with Gasteiger partial charge in [0.2, 0.25) is 0 Å². The summed E-state index contributed by atoms with van der Waals surface area (Å²) in [5.41, 5.74) is 4.69. The van der Waals surface area contributed by atoms with Gasteiger partial charge in [-0.05, 0) is 32.4 Å². The highest BCUT2D eigenvalue weighted by Gasteiger charge is 2.08. The lowest BCUT2D eigenvalue weighted by Gasteiger charge is -2.06. The summed E-state index contributed by atoms with van der Waals surface area (Å²) in [6.45, 7) is 6.92. The fraction of sp³-hybridized carbons (Fsp3) is 0.385. The van der Waals surface area contributed by atoms with E-state index in [4.69, 9.17) is 0 Å². The van der Waals surface area contributed by atoms with E-state index in [1.807, 2.05) is 37.8 Å². The molecule has 0 spiro atoms. The molecule has 17 heavy (non-hydrogen) atoms. The van der Waals surface area contributed by atoms with Gasteiger partial charge in [-0.2, -0.15) is 5.10 Å². The van der Waals surface area contributed by atoms with Crippen LogP contribution in [0.3, 0.4) is 0 Å². The molecule has 0 saturated carbocycles. The van der Waals surface area contributed by atoms with E-state index in [-0.39, 0.29) is 0 Å². The van der Waals surface area contributed by atoms with E-state index < -0.39 is 0 Å². The molecule has 2 aromatic rings. The van der Waals surface area contributed by atoms with E-state index in [2.05, 4.69) is 28.4 Å². The minimum Gasteiger partial charge on any atom is -0.366 e. The molecule has 4 heteroatoms. The number of pyridine rings is 1. The number of hydrogen-bond donors (Lipinski definition) is 1. The molecule has 0 radical (unpaired) electrons. The Balaban J connectivity index is 2.09. The zero-order valence-corrected chi connectivity index (χ0v) is 10.8. The third-order valence-corrected chi connectivity index (χ3v) is 3.02. The van der Waals surface area contributed by atoms with Crippen molar-refractivity contribution in [3.05, 3.63) is 40.8 Å². The molecule has 0 saturated heterocycles. The first-order chi connectivity index (χ1) is 8.08. The molecule has 0 aliphatic rings. The van der Waals surface area contributed by atoms with Crippen LogP contribution in [0.15, 0.2) is 18.3 Å². The number of aromatic nitrogens is 3. The Kier molecular flexibility index (Phi) is 3.13. The van der Waals surface area contributed by atoms with E-state index in [0.717, 1.165) is 18.1 Å². The molecule has 0 aliphatic carbocycles. The summed E-state index contributed by atoms with van der Waals surface area (Å²) in [4.78, 5) is 4.32. The van der Waals surface area contributed by atoms with Gasteiger partial charge in [0.25, 0.3) is 0 Å². The van der Waals surface area contributed by atoms with Crippen LogP contribution in [0.25, 0.3) is 0 Å². The van der Waals surface area contributed by atoms with Crippen LogP contribution in [0.2, 0.25) is 0 Å². The minimum absolute atomic E-state index is 0.765. The molecule has 0 atom stereocenters. The lowest BCUT2D eigenvalue weighted by Crippen LogP contribution is -2.03. The predicted molar refractivity (Wildman–Crippen MR) is 69.0 cm³/mol. The van der Waals surface area contributed by atoms with Gasteiger partial charge in [0.05, 0.1) is 5.69 Å². The zero-order valence-electron chi connectivity index (χ0n) is 10.8. The second-order valence-corrected chi connectivity index (χ2v) is 4.35. The molecule has 2 heterocycles. The Labute approximate surface area is 102 Å². The number of anilines is 1. The highest BCUT2D eigenvalue weighted by atomic mass is 15.3. The van der Waals surface area contributed by atoms with Gasteiger partial charge in [-0.3, -0.25) is 4.68 Å². The zero-order chi connectivity index (χ0) is 12.4. The fourth-order valence-electron chi connectivity index (χ4n) is 1.82. The monoisotopic (exact) mass is 230 g/mol. The number of rotatable bonds is 3. The summed E-state index contributed by atoms with van der Waals surface area (Å²) in [6, 6.07) is 4.05. The molecule has 0 fully saturated rings. The summed E-state index contributed by atoms with van der Waals surface area (Å²) in [6.07, 6.45) is 1.87. The standard InChI is InChI=1S/C13H18N4/c1-9-5-6-13(14-7-9)15-8-12-10(2)16-17(4)11(12)3/h5-7H,8H2,1-4H3,(H,14,15). The Bertz CT molecular complexity index is 511. The average molecular weight is 230 g/mol. The van der Waals surface area contributed by atoms with Crippen LogP contribution in [0.1, 0.15) is 22.5 Å². The molecular formula is C13H18N4. The molecule has 0 amide bonds. The molecule has 2 rings (SSSR count). The number of nitrogens with one attached hydrogen (secondary N) is 1. The first kappa shape index (κ1) is 11.6. The SMILES string of the molecule is Cc1ccc(NCc2c(C)nn(C)c2C)nc1. The van der Waals surface area contributed by atoms with Crippen molar-refractivity contribution in [2.24, 2.45) is 7.05 Å². The average Bonchev–Trinajstić information content (AvgIpc) is 2.54. The molecule has 0 bridgehead atoms. The summed E-state index contributed by atoms with van der Waals surface area (Å²) < 4.78 is 1.91. The Morgan fingerprint density at radius 1 is 1.24 bits per heavy atom. The number of hydrogen-bond acceptors (Lipinski definition) is 3. The van der Waals surface area contributed by atoms with Crippen molar-refractivity contribution in [3.8, 4) is 0 Å². The molecular weight excluding hydrogens is 212 g/mol. The van der Waals surface area contributed by atoms with Gasteiger partial charge in [0.15, 0.2) is 0 Å². The van der Waals surface area contributed by atoms with Gasteiger partial charge in [0, 0.05) is 31.0 Å². The quantitative estimate of drug-likeness (QED) is 0.880. The van der Waals surface area contributed by atoms with Crippen molar-refractivity contribution in [2.75, 3.05) is 5.32 Å². The van der Waals surface area contributed by atoms with Crippen LogP contribution in [0.5, 0.6) is 0 Å². The van der Waals surface area contributed by atoms with Gasteiger partial charge in [-0.1, -0.05) is 6.07 Å². The Hall–Kier alpha value is -1.84. The van der Waals surface area contributed by atoms with Crippen molar-refractivity contribution in [3.63, 3.8) is 0 Å². The van der Waals surface area contributed by atoms with Crippen molar-refractivity contribution < 1.29 is 0 Å². The first-order valence-corrected chi connectivity index (χ1v) is 5.73. The van der Waals surface area contributed by atoms with E-state index in [1.165, 1.54) is 16.8 Å². The molecule has 0 aromatic carbocycles. The highest BCUT2D eigenvalue weighted by molar-refractivity contribution is 5.37. The van der Waals surface area contributed by atoms with Gasteiger partial charge in [0.1, 0.15) is 5.82 Å². The molecule has 0 aliphatic heterocycles. The van der Waals surface area contributed by atoms with Gasteiger partial charge >= 0.3 is 0 Å². The van der Waals surface area contributed by atoms with Gasteiger partial charge < -0.3 is 5.32 Å². The van der Waals surface area contributed by atoms with Gasteiger partial charge in [-0.15, -0.1) is 0 Å². The van der Waals surface area contributed by atoms with Crippen LogP contribution in [0.4, 0.5) is 5.82 Å². The van der Waals surface area contributed by atoms with Crippen LogP contribution in [0, 0.1) is 20.8 Å². The molecule has 0 unspecified atom stereocenters. The Morgan fingerprint density at radius 2 is 2.00 bits per heavy atom. The topological polar surface area (TPSA) is 42.7 Å². The third kappa shape index (κ3) is 2.46.